The first kappa shape index (κ1) is 22.5. The molecule has 6 rings (SSSR count). The Morgan fingerprint density at radius 2 is 1.46 bits per heavy atom. The van der Waals surface area contributed by atoms with E-state index in [9.17, 15) is 0 Å². The van der Waals surface area contributed by atoms with Crippen molar-refractivity contribution >= 4 is 10.8 Å². The molecule has 2 saturated carbocycles. The monoisotopic (exact) mass is 460 g/mol. The lowest BCUT2D eigenvalue weighted by atomic mass is 9.66. The molecular weight excluding hydrogens is 422 g/mol. The molecule has 3 unspecified atom stereocenters. The fourth-order valence-corrected chi connectivity index (χ4v) is 7.08. The van der Waals surface area contributed by atoms with Crippen LogP contribution in [0.1, 0.15) is 67.6 Å². The van der Waals surface area contributed by atoms with Gasteiger partial charge in [0.25, 0.3) is 0 Å². The van der Waals surface area contributed by atoms with Crippen molar-refractivity contribution in [3.05, 3.63) is 89.6 Å². The molecule has 35 heavy (non-hydrogen) atoms. The number of aromatic nitrogens is 1. The summed E-state index contributed by atoms with van der Waals surface area (Å²) in [6.07, 6.45) is 12.4. The van der Waals surface area contributed by atoms with Crippen molar-refractivity contribution in [3.63, 3.8) is 0 Å². The molecule has 1 heteroatoms. The topological polar surface area (TPSA) is 3.88 Å². The maximum atomic E-state index is 2.49. The average Bonchev–Trinajstić information content (AvgIpc) is 2.88. The van der Waals surface area contributed by atoms with Gasteiger partial charge >= 0.3 is 0 Å². The van der Waals surface area contributed by atoms with Crippen LogP contribution in [0.25, 0.3) is 33.2 Å². The van der Waals surface area contributed by atoms with Crippen LogP contribution in [-0.2, 0) is 7.05 Å². The number of benzene rings is 3. The summed E-state index contributed by atoms with van der Waals surface area (Å²) in [5, 5.41) is 2.73. The zero-order chi connectivity index (χ0) is 23.9. The highest BCUT2D eigenvalue weighted by Crippen LogP contribution is 2.46. The molecule has 0 N–H and O–H groups in total. The molecule has 178 valence electrons. The Kier molecular flexibility index (Phi) is 5.96. The Hall–Kier alpha value is -2.93. The van der Waals surface area contributed by atoms with Crippen molar-refractivity contribution in [1.29, 1.82) is 0 Å². The molecule has 2 fully saturated rings. The number of aryl methyl sites for hydroxylation is 3. The standard InChI is InChI=1S/C34H38N/c1-23-8-4-7-11-32(23)34-21-33(24(2)22-35(34)3)31-17-16-29-19-28(14-15-30(29)20-31)27-13-12-25-9-5-6-10-26(25)18-27/h4,7-8,11,14-17,19-22,25-27H,5-6,9-10,12-13,18H2,1-3H3/q+1. The van der Waals surface area contributed by atoms with Crippen molar-refractivity contribution in [1.82, 2.24) is 0 Å². The van der Waals surface area contributed by atoms with Gasteiger partial charge in [0.2, 0.25) is 5.69 Å². The van der Waals surface area contributed by atoms with Gasteiger partial charge in [-0.1, -0.05) is 74.2 Å². The summed E-state index contributed by atoms with van der Waals surface area (Å²) in [7, 11) is 2.15. The molecule has 2 aliphatic carbocycles. The summed E-state index contributed by atoms with van der Waals surface area (Å²) >= 11 is 0. The highest BCUT2D eigenvalue weighted by Gasteiger charge is 2.32. The van der Waals surface area contributed by atoms with Gasteiger partial charge in [-0.05, 0) is 96.0 Å². The van der Waals surface area contributed by atoms with Gasteiger partial charge in [-0.25, -0.2) is 4.57 Å². The van der Waals surface area contributed by atoms with Crippen LogP contribution < -0.4 is 4.57 Å². The second kappa shape index (κ2) is 9.26. The van der Waals surface area contributed by atoms with Crippen LogP contribution in [0.2, 0.25) is 0 Å². The molecule has 4 aromatic rings. The second-order valence-electron chi connectivity index (χ2n) is 11.3. The van der Waals surface area contributed by atoms with Crippen molar-refractivity contribution < 1.29 is 4.57 Å². The smallest absolute Gasteiger partial charge is 0.201 e. The Bertz CT molecular complexity index is 1380. The molecule has 3 atom stereocenters. The lowest BCUT2D eigenvalue weighted by Gasteiger charge is -2.39. The van der Waals surface area contributed by atoms with Crippen LogP contribution >= 0.6 is 0 Å². The normalized spacial score (nSPS) is 22.2. The van der Waals surface area contributed by atoms with Gasteiger partial charge in [0.05, 0.1) is 0 Å². The van der Waals surface area contributed by atoms with Gasteiger partial charge in [-0.2, -0.15) is 0 Å². The molecule has 0 spiro atoms. The van der Waals surface area contributed by atoms with Crippen molar-refractivity contribution in [2.75, 3.05) is 0 Å². The Morgan fingerprint density at radius 1 is 0.686 bits per heavy atom. The fourth-order valence-electron chi connectivity index (χ4n) is 7.08. The zero-order valence-corrected chi connectivity index (χ0v) is 21.6. The maximum Gasteiger partial charge on any atom is 0.213 e. The maximum absolute atomic E-state index is 2.49. The first-order valence-electron chi connectivity index (χ1n) is 13.7. The van der Waals surface area contributed by atoms with Gasteiger partial charge in [-0.15, -0.1) is 0 Å². The number of rotatable bonds is 3. The SMILES string of the molecule is Cc1c[n+](C)c(-c2ccccc2C)cc1-c1ccc2cc(C3CCC4CCCCC4C3)ccc2c1. The van der Waals surface area contributed by atoms with E-state index in [4.69, 9.17) is 0 Å². The summed E-state index contributed by atoms with van der Waals surface area (Å²) in [5.74, 6) is 2.75. The second-order valence-corrected chi connectivity index (χ2v) is 11.3. The van der Waals surface area contributed by atoms with Crippen molar-refractivity contribution in [3.8, 4) is 22.4 Å². The predicted octanol–water partition coefficient (Wildman–Crippen LogP) is 8.69. The van der Waals surface area contributed by atoms with E-state index < -0.39 is 0 Å². The van der Waals surface area contributed by atoms with Gasteiger partial charge in [0, 0.05) is 17.2 Å². The average molecular weight is 461 g/mol. The molecular formula is C34H38N+. The predicted molar refractivity (Wildman–Crippen MR) is 148 cm³/mol. The van der Waals surface area contributed by atoms with Crippen LogP contribution in [0.3, 0.4) is 0 Å². The summed E-state index contributed by atoms with van der Waals surface area (Å²) < 4.78 is 2.26. The van der Waals surface area contributed by atoms with E-state index in [1.54, 1.807) is 5.56 Å². The van der Waals surface area contributed by atoms with E-state index in [2.05, 4.69) is 98.4 Å². The molecule has 1 heterocycles. The highest BCUT2D eigenvalue weighted by atomic mass is 14.9. The molecule has 0 radical (unpaired) electrons. The molecule has 0 saturated heterocycles. The van der Waals surface area contributed by atoms with Crippen LogP contribution in [0.15, 0.2) is 72.9 Å². The van der Waals surface area contributed by atoms with Crippen LogP contribution in [0.4, 0.5) is 0 Å². The summed E-state index contributed by atoms with van der Waals surface area (Å²) in [6.45, 7) is 4.43. The van der Waals surface area contributed by atoms with Gasteiger partial charge in [-0.3, -0.25) is 0 Å². The Labute approximate surface area is 210 Å². The molecule has 1 nitrogen and oxygen atoms in total. The minimum Gasteiger partial charge on any atom is -0.201 e. The zero-order valence-electron chi connectivity index (χ0n) is 21.6. The van der Waals surface area contributed by atoms with Crippen LogP contribution in [-0.4, -0.2) is 0 Å². The third-order valence-electron chi connectivity index (χ3n) is 9.08. The third kappa shape index (κ3) is 4.31. The lowest BCUT2D eigenvalue weighted by molar-refractivity contribution is -0.660. The minimum atomic E-state index is 0.756. The highest BCUT2D eigenvalue weighted by molar-refractivity contribution is 5.88. The molecule has 0 aliphatic heterocycles. The number of nitrogens with zero attached hydrogens (tertiary/aromatic N) is 1. The molecule has 0 amide bonds. The van der Waals surface area contributed by atoms with E-state index in [0.717, 1.165) is 17.8 Å². The van der Waals surface area contributed by atoms with E-state index in [0.29, 0.717) is 0 Å². The fraction of sp³-hybridized carbons (Fsp3) is 0.382. The summed E-state index contributed by atoms with van der Waals surface area (Å²) in [5.41, 5.74) is 9.38. The van der Waals surface area contributed by atoms with E-state index in [1.807, 2.05) is 0 Å². The quantitative estimate of drug-likeness (QED) is 0.269. The number of hydrogen-bond acceptors (Lipinski definition) is 0. The minimum absolute atomic E-state index is 0.756. The van der Waals surface area contributed by atoms with Crippen molar-refractivity contribution in [2.24, 2.45) is 18.9 Å². The molecule has 1 aromatic heterocycles. The number of fused-ring (bicyclic) bond motifs is 2. The molecule has 3 aromatic carbocycles. The number of hydrogen-bond donors (Lipinski definition) is 0. The third-order valence-corrected chi connectivity index (χ3v) is 9.08. The van der Waals surface area contributed by atoms with E-state index >= 15 is 0 Å². The van der Waals surface area contributed by atoms with Gasteiger partial charge in [0.15, 0.2) is 6.20 Å². The number of pyridine rings is 1. The van der Waals surface area contributed by atoms with Crippen molar-refractivity contribution in [2.45, 2.75) is 64.7 Å². The Morgan fingerprint density at radius 3 is 2.31 bits per heavy atom. The van der Waals surface area contributed by atoms with Crippen LogP contribution in [0, 0.1) is 25.7 Å². The molecule has 0 bridgehead atoms. The Balaban J connectivity index is 1.32. The first-order chi connectivity index (χ1) is 17.1. The first-order valence-corrected chi connectivity index (χ1v) is 13.7. The van der Waals surface area contributed by atoms with Gasteiger partial charge < -0.3 is 0 Å². The largest absolute Gasteiger partial charge is 0.213 e. The summed E-state index contributed by atoms with van der Waals surface area (Å²) in [4.78, 5) is 0. The van der Waals surface area contributed by atoms with Crippen LogP contribution in [0.5, 0.6) is 0 Å². The van der Waals surface area contributed by atoms with E-state index in [1.165, 1.54) is 89.2 Å². The molecule has 2 aliphatic rings. The summed E-state index contributed by atoms with van der Waals surface area (Å²) in [6, 6.07) is 25.4. The lowest BCUT2D eigenvalue weighted by Crippen LogP contribution is -2.31. The van der Waals surface area contributed by atoms with Gasteiger partial charge in [0.1, 0.15) is 7.05 Å². The van der Waals surface area contributed by atoms with E-state index in [-0.39, 0.29) is 0 Å².